The Labute approximate surface area is 264 Å². The third-order valence-corrected chi connectivity index (χ3v) is 7.76. The maximum Gasteiger partial charge on any atom is 0.272 e. The Kier molecular flexibility index (Phi) is 9.90. The summed E-state index contributed by atoms with van der Waals surface area (Å²) in [6.07, 6.45) is 1.55. The van der Waals surface area contributed by atoms with Gasteiger partial charge >= 0.3 is 0 Å². The third kappa shape index (κ3) is 7.95. The topological polar surface area (TPSA) is 124 Å². The molecule has 230 valence electrons. The minimum absolute atomic E-state index is 0.0191. The van der Waals surface area contributed by atoms with E-state index in [0.717, 1.165) is 4.90 Å². The van der Waals surface area contributed by atoms with Crippen LogP contribution in [0.5, 0.6) is 23.0 Å². The molecule has 3 amide bonds. The standard InChI is InChI=1S/C34H31N3O7S/c1-21(32(38)35-25-13-15-29-31(19-25)44-20-43-29)45-26-11-7-10-24(18-26)36-34(40)27(37-33(39)23-8-5-4-6-9-23)16-22-12-14-28(41-2)30(17-22)42-3/h4-19,21H,20H2,1-3H3,(H,35,38)(H,36,40)(H,37,39)/b27-16+. The fourth-order valence-electron chi connectivity index (χ4n) is 4.37. The smallest absolute Gasteiger partial charge is 0.272 e. The number of fused-ring (bicyclic) bond motifs is 1. The van der Waals surface area contributed by atoms with E-state index in [-0.39, 0.29) is 18.4 Å². The predicted molar refractivity (Wildman–Crippen MR) is 173 cm³/mol. The summed E-state index contributed by atoms with van der Waals surface area (Å²) in [6, 6.07) is 26.1. The fraction of sp³-hybridized carbons (Fsp3) is 0.147. The molecule has 0 aliphatic carbocycles. The molecule has 0 bridgehead atoms. The van der Waals surface area contributed by atoms with Gasteiger partial charge in [-0.15, -0.1) is 11.8 Å². The van der Waals surface area contributed by atoms with Crippen molar-refractivity contribution in [3.63, 3.8) is 0 Å². The Bertz CT molecular complexity index is 1740. The molecule has 1 heterocycles. The molecule has 0 saturated carbocycles. The van der Waals surface area contributed by atoms with E-state index in [9.17, 15) is 14.4 Å². The molecule has 11 heteroatoms. The van der Waals surface area contributed by atoms with Crippen molar-refractivity contribution in [1.82, 2.24) is 5.32 Å². The van der Waals surface area contributed by atoms with Crippen LogP contribution >= 0.6 is 11.8 Å². The van der Waals surface area contributed by atoms with Crippen molar-refractivity contribution in [2.45, 2.75) is 17.1 Å². The number of methoxy groups -OCH3 is 2. The predicted octanol–water partition coefficient (Wildman–Crippen LogP) is 5.96. The van der Waals surface area contributed by atoms with E-state index >= 15 is 0 Å². The quantitative estimate of drug-likeness (QED) is 0.138. The van der Waals surface area contributed by atoms with Crippen LogP contribution in [0.3, 0.4) is 0 Å². The summed E-state index contributed by atoms with van der Waals surface area (Å²) in [5, 5.41) is 8.03. The molecule has 1 atom stereocenters. The second kappa shape index (κ2) is 14.4. The highest BCUT2D eigenvalue weighted by Crippen LogP contribution is 2.35. The van der Waals surface area contributed by atoms with Crippen molar-refractivity contribution >= 4 is 46.9 Å². The van der Waals surface area contributed by atoms with Crippen LogP contribution in [-0.4, -0.2) is 44.0 Å². The zero-order valence-corrected chi connectivity index (χ0v) is 25.6. The number of carbonyl (C=O) groups excluding carboxylic acids is 3. The van der Waals surface area contributed by atoms with Crippen molar-refractivity contribution in [2.75, 3.05) is 31.6 Å². The maximum atomic E-state index is 13.5. The number of benzene rings is 4. The highest BCUT2D eigenvalue weighted by atomic mass is 32.2. The Hall–Kier alpha value is -5.42. The minimum Gasteiger partial charge on any atom is -0.493 e. The second-order valence-corrected chi connectivity index (χ2v) is 11.2. The molecule has 4 aromatic carbocycles. The Morgan fingerprint density at radius 2 is 1.56 bits per heavy atom. The van der Waals surface area contributed by atoms with Crippen molar-refractivity contribution < 1.29 is 33.3 Å². The Balaban J connectivity index is 1.30. The lowest BCUT2D eigenvalue weighted by atomic mass is 10.1. The molecule has 0 saturated heterocycles. The molecule has 0 spiro atoms. The first-order valence-electron chi connectivity index (χ1n) is 13.9. The van der Waals surface area contributed by atoms with Gasteiger partial charge in [-0.05, 0) is 73.2 Å². The number of nitrogens with one attached hydrogen (secondary N) is 3. The normalized spacial score (nSPS) is 12.6. The lowest BCUT2D eigenvalue weighted by molar-refractivity contribution is -0.115. The van der Waals surface area contributed by atoms with Crippen LogP contribution in [-0.2, 0) is 9.59 Å². The summed E-state index contributed by atoms with van der Waals surface area (Å²) >= 11 is 1.33. The highest BCUT2D eigenvalue weighted by molar-refractivity contribution is 8.00. The molecule has 3 N–H and O–H groups in total. The largest absolute Gasteiger partial charge is 0.493 e. The Morgan fingerprint density at radius 1 is 0.800 bits per heavy atom. The van der Waals surface area contributed by atoms with Crippen LogP contribution in [0.25, 0.3) is 6.08 Å². The zero-order valence-electron chi connectivity index (χ0n) is 24.8. The van der Waals surface area contributed by atoms with Crippen molar-refractivity contribution in [3.8, 4) is 23.0 Å². The summed E-state index contributed by atoms with van der Waals surface area (Å²) in [4.78, 5) is 40.2. The van der Waals surface area contributed by atoms with E-state index in [1.807, 2.05) is 6.07 Å². The molecule has 1 aliphatic heterocycles. The van der Waals surface area contributed by atoms with Crippen molar-refractivity contribution in [2.24, 2.45) is 0 Å². The van der Waals surface area contributed by atoms with E-state index in [1.54, 1.807) is 97.9 Å². The molecule has 0 radical (unpaired) electrons. The molecule has 1 aliphatic rings. The molecule has 0 aromatic heterocycles. The van der Waals surface area contributed by atoms with Crippen LogP contribution in [0.15, 0.2) is 102 Å². The van der Waals surface area contributed by atoms with Gasteiger partial charge in [-0.25, -0.2) is 0 Å². The number of thioether (sulfide) groups is 1. The van der Waals surface area contributed by atoms with Gasteiger partial charge in [0.15, 0.2) is 23.0 Å². The highest BCUT2D eigenvalue weighted by Gasteiger charge is 2.19. The van der Waals surface area contributed by atoms with Gasteiger partial charge in [0.2, 0.25) is 12.7 Å². The first kappa shape index (κ1) is 31.0. The summed E-state index contributed by atoms with van der Waals surface area (Å²) in [6.45, 7) is 1.94. The second-order valence-electron chi connectivity index (χ2n) is 9.79. The van der Waals surface area contributed by atoms with Crippen LogP contribution < -0.4 is 34.9 Å². The number of rotatable bonds is 11. The molecular weight excluding hydrogens is 594 g/mol. The average molecular weight is 626 g/mol. The summed E-state index contributed by atoms with van der Waals surface area (Å²) in [5.41, 5.74) is 2.11. The van der Waals surface area contributed by atoms with Gasteiger partial charge in [0, 0.05) is 27.9 Å². The molecule has 1 unspecified atom stereocenters. The van der Waals surface area contributed by atoms with E-state index in [1.165, 1.54) is 26.0 Å². The van der Waals surface area contributed by atoms with Crippen LogP contribution in [0.2, 0.25) is 0 Å². The van der Waals surface area contributed by atoms with E-state index in [4.69, 9.17) is 18.9 Å². The minimum atomic E-state index is -0.537. The van der Waals surface area contributed by atoms with Crippen LogP contribution in [0.4, 0.5) is 11.4 Å². The third-order valence-electron chi connectivity index (χ3n) is 6.66. The molecule has 0 fully saturated rings. The van der Waals surface area contributed by atoms with E-state index in [2.05, 4.69) is 16.0 Å². The van der Waals surface area contributed by atoms with Crippen molar-refractivity contribution in [1.29, 1.82) is 0 Å². The van der Waals surface area contributed by atoms with Gasteiger partial charge in [0.05, 0.1) is 19.5 Å². The molecule has 10 nitrogen and oxygen atoms in total. The number of ether oxygens (including phenoxy) is 4. The lowest BCUT2D eigenvalue weighted by Gasteiger charge is -2.14. The van der Waals surface area contributed by atoms with E-state index < -0.39 is 17.1 Å². The summed E-state index contributed by atoms with van der Waals surface area (Å²) < 4.78 is 21.4. The molecule has 4 aromatic rings. The average Bonchev–Trinajstić information content (AvgIpc) is 3.53. The first-order valence-corrected chi connectivity index (χ1v) is 14.8. The van der Waals surface area contributed by atoms with Gasteiger partial charge in [0.25, 0.3) is 11.8 Å². The number of hydrogen-bond donors (Lipinski definition) is 3. The fourth-order valence-corrected chi connectivity index (χ4v) is 5.30. The maximum absolute atomic E-state index is 13.5. The van der Waals surface area contributed by atoms with Gasteiger partial charge < -0.3 is 34.9 Å². The summed E-state index contributed by atoms with van der Waals surface area (Å²) in [5.74, 6) is 1.04. The van der Waals surface area contributed by atoms with E-state index in [0.29, 0.717) is 45.5 Å². The SMILES string of the molecule is COc1ccc(/C=C(/NC(=O)c2ccccc2)C(=O)Nc2cccc(SC(C)C(=O)Nc3ccc4c(c3)OCO4)c2)cc1OC. The van der Waals surface area contributed by atoms with Gasteiger partial charge in [-0.1, -0.05) is 30.3 Å². The first-order chi connectivity index (χ1) is 21.8. The molecule has 5 rings (SSSR count). The zero-order chi connectivity index (χ0) is 31.8. The number of anilines is 2. The van der Waals surface area contributed by atoms with Crippen molar-refractivity contribution in [3.05, 3.63) is 108 Å². The number of hydrogen-bond acceptors (Lipinski definition) is 8. The lowest BCUT2D eigenvalue weighted by Crippen LogP contribution is -2.30. The molecule has 45 heavy (non-hydrogen) atoms. The van der Waals surface area contributed by atoms with Gasteiger partial charge in [-0.3, -0.25) is 14.4 Å². The van der Waals surface area contributed by atoms with Gasteiger partial charge in [0.1, 0.15) is 5.70 Å². The Morgan fingerprint density at radius 3 is 2.33 bits per heavy atom. The van der Waals surface area contributed by atoms with Crippen LogP contribution in [0.1, 0.15) is 22.8 Å². The number of carbonyl (C=O) groups is 3. The summed E-state index contributed by atoms with van der Waals surface area (Å²) in [7, 11) is 3.05. The molecular formula is C34H31N3O7S. The van der Waals surface area contributed by atoms with Gasteiger partial charge in [-0.2, -0.15) is 0 Å². The van der Waals surface area contributed by atoms with Crippen LogP contribution in [0, 0.1) is 0 Å². The monoisotopic (exact) mass is 625 g/mol. The number of amides is 3.